The average Bonchev–Trinajstić information content (AvgIpc) is 3.85. The van der Waals surface area contributed by atoms with Gasteiger partial charge in [-0.2, -0.15) is 16.6 Å². The van der Waals surface area contributed by atoms with E-state index in [9.17, 15) is 4.79 Å². The van der Waals surface area contributed by atoms with Crippen molar-refractivity contribution in [3.63, 3.8) is 0 Å². The van der Waals surface area contributed by atoms with Crippen molar-refractivity contribution in [3.8, 4) is 39.7 Å². The van der Waals surface area contributed by atoms with Gasteiger partial charge < -0.3 is 14.6 Å². The predicted molar refractivity (Wildman–Crippen MR) is 168 cm³/mol. The Morgan fingerprint density at radius 2 is 1.84 bits per heavy atom. The number of nitrogens with one attached hydrogen (secondary N) is 2. The summed E-state index contributed by atoms with van der Waals surface area (Å²) in [6.07, 6.45) is 6.03. The fourth-order valence-electron chi connectivity index (χ4n) is 5.99. The quantitative estimate of drug-likeness (QED) is 0.197. The second kappa shape index (κ2) is 11.8. The highest BCUT2D eigenvalue weighted by Crippen LogP contribution is 2.37. The van der Waals surface area contributed by atoms with Gasteiger partial charge in [0.25, 0.3) is 5.91 Å². The summed E-state index contributed by atoms with van der Waals surface area (Å²) in [7, 11) is 1.64. The molecule has 1 saturated carbocycles. The number of amides is 1. The highest BCUT2D eigenvalue weighted by atomic mass is 32.1. The van der Waals surface area contributed by atoms with Gasteiger partial charge in [0.1, 0.15) is 18.2 Å². The number of H-pyrrole nitrogens is 1. The van der Waals surface area contributed by atoms with Crippen molar-refractivity contribution in [1.82, 2.24) is 35.5 Å². The lowest BCUT2D eigenvalue weighted by atomic mass is 9.95. The summed E-state index contributed by atoms with van der Waals surface area (Å²) in [5, 5.41) is 21.4. The van der Waals surface area contributed by atoms with E-state index in [0.29, 0.717) is 24.0 Å². The van der Waals surface area contributed by atoms with Gasteiger partial charge in [-0.1, -0.05) is 25.3 Å². The first-order chi connectivity index (χ1) is 21.2. The zero-order chi connectivity index (χ0) is 29.2. The van der Waals surface area contributed by atoms with Crippen LogP contribution in [0.2, 0.25) is 0 Å². The summed E-state index contributed by atoms with van der Waals surface area (Å²) in [6.45, 7) is 0.342. The number of imidazole rings is 1. The number of benzene rings is 3. The molecule has 1 fully saturated rings. The molecule has 1 aliphatic rings. The number of tetrazole rings is 1. The van der Waals surface area contributed by atoms with Crippen molar-refractivity contribution in [2.75, 3.05) is 7.05 Å². The van der Waals surface area contributed by atoms with Crippen LogP contribution in [0.4, 0.5) is 0 Å². The third kappa shape index (κ3) is 5.41. The van der Waals surface area contributed by atoms with E-state index in [0.717, 1.165) is 63.3 Å². The lowest BCUT2D eigenvalue weighted by molar-refractivity contribution is 0.0963. The molecule has 3 aromatic heterocycles. The van der Waals surface area contributed by atoms with E-state index in [1.807, 2.05) is 42.5 Å². The Balaban J connectivity index is 1.19. The van der Waals surface area contributed by atoms with Crippen LogP contribution in [0, 0.1) is 0 Å². The van der Waals surface area contributed by atoms with E-state index in [2.05, 4.69) is 65.5 Å². The molecule has 7 rings (SSSR count). The lowest BCUT2D eigenvalue weighted by Crippen LogP contribution is -2.18. The number of nitrogens with zero attached hydrogens (tertiary/aromatic N) is 5. The molecule has 1 aliphatic carbocycles. The Bertz CT molecular complexity index is 1860. The standard InChI is InChI=1S/C33H31N7O2S/c1-34-33(41)23-9-13-28(24-15-16-43-20-24)25(17-23)19-42-27-11-7-21(8-12-27)32-35-29-18-22(31-36-38-39-37-31)10-14-30(29)40(32)26-5-3-2-4-6-26/h7-18,20,26H,2-6,19H2,1H3,(H,34,41)(H,36,37,38,39). The molecular formula is C33H31N7O2S. The molecule has 0 bridgehead atoms. The number of aromatic amines is 1. The van der Waals surface area contributed by atoms with Gasteiger partial charge in [-0.15, -0.1) is 10.2 Å². The van der Waals surface area contributed by atoms with Gasteiger partial charge in [0.05, 0.1) is 11.0 Å². The fourth-order valence-corrected chi connectivity index (χ4v) is 6.65. The maximum Gasteiger partial charge on any atom is 0.251 e. The number of aromatic nitrogens is 6. The first-order valence-corrected chi connectivity index (χ1v) is 15.5. The third-order valence-electron chi connectivity index (χ3n) is 8.17. The number of hydrogen-bond donors (Lipinski definition) is 2. The van der Waals surface area contributed by atoms with Gasteiger partial charge in [0, 0.05) is 29.8 Å². The zero-order valence-corrected chi connectivity index (χ0v) is 24.6. The van der Waals surface area contributed by atoms with E-state index in [1.165, 1.54) is 19.3 Å². The first kappa shape index (κ1) is 27.0. The van der Waals surface area contributed by atoms with E-state index in [-0.39, 0.29) is 5.91 Å². The van der Waals surface area contributed by atoms with Crippen molar-refractivity contribution in [2.45, 2.75) is 44.8 Å². The smallest absolute Gasteiger partial charge is 0.251 e. The van der Waals surface area contributed by atoms with Crippen molar-refractivity contribution >= 4 is 28.3 Å². The van der Waals surface area contributed by atoms with Crippen molar-refractivity contribution in [3.05, 3.63) is 88.6 Å². The Morgan fingerprint density at radius 1 is 1.00 bits per heavy atom. The molecule has 6 aromatic rings. The maximum absolute atomic E-state index is 12.3. The van der Waals surface area contributed by atoms with Gasteiger partial charge in [0.15, 0.2) is 0 Å². The molecule has 0 unspecified atom stereocenters. The second-order valence-corrected chi connectivity index (χ2v) is 11.6. The minimum Gasteiger partial charge on any atom is -0.489 e. The van der Waals surface area contributed by atoms with Crippen LogP contribution in [0.3, 0.4) is 0 Å². The van der Waals surface area contributed by atoms with Gasteiger partial charge in [-0.3, -0.25) is 4.79 Å². The van der Waals surface area contributed by atoms with E-state index in [4.69, 9.17) is 9.72 Å². The molecule has 1 amide bonds. The van der Waals surface area contributed by atoms with E-state index < -0.39 is 0 Å². The molecule has 0 spiro atoms. The van der Waals surface area contributed by atoms with Crippen molar-refractivity contribution < 1.29 is 9.53 Å². The van der Waals surface area contributed by atoms with Crippen LogP contribution < -0.4 is 10.1 Å². The average molecular weight is 590 g/mol. The number of ether oxygens (including phenoxy) is 1. The highest BCUT2D eigenvalue weighted by Gasteiger charge is 2.23. The number of carbonyl (C=O) groups excluding carboxylic acids is 1. The predicted octanol–water partition coefficient (Wildman–Crippen LogP) is 7.06. The van der Waals surface area contributed by atoms with Crippen molar-refractivity contribution in [2.24, 2.45) is 0 Å². The number of thiophene rings is 1. The van der Waals surface area contributed by atoms with Crippen molar-refractivity contribution in [1.29, 1.82) is 0 Å². The molecule has 43 heavy (non-hydrogen) atoms. The first-order valence-electron chi connectivity index (χ1n) is 14.5. The summed E-state index contributed by atoms with van der Waals surface area (Å²) in [6, 6.07) is 22.6. The summed E-state index contributed by atoms with van der Waals surface area (Å²) >= 11 is 1.65. The molecule has 0 aliphatic heterocycles. The number of fused-ring (bicyclic) bond motifs is 1. The molecule has 2 N–H and O–H groups in total. The topological polar surface area (TPSA) is 111 Å². The molecular weight excluding hydrogens is 558 g/mol. The van der Waals surface area contributed by atoms with Gasteiger partial charge >= 0.3 is 0 Å². The molecule has 10 heteroatoms. The molecule has 216 valence electrons. The maximum atomic E-state index is 12.3. The lowest BCUT2D eigenvalue weighted by Gasteiger charge is -2.25. The minimum atomic E-state index is -0.118. The number of rotatable bonds is 8. The Morgan fingerprint density at radius 3 is 2.58 bits per heavy atom. The largest absolute Gasteiger partial charge is 0.489 e. The number of carbonyl (C=O) groups is 1. The summed E-state index contributed by atoms with van der Waals surface area (Å²) in [4.78, 5) is 17.5. The summed E-state index contributed by atoms with van der Waals surface area (Å²) < 4.78 is 8.69. The normalized spacial score (nSPS) is 13.8. The molecule has 0 radical (unpaired) electrons. The van der Waals surface area contributed by atoms with E-state index in [1.54, 1.807) is 18.4 Å². The fraction of sp³-hybridized carbons (Fsp3) is 0.242. The molecule has 3 aromatic carbocycles. The van der Waals surface area contributed by atoms with Gasteiger partial charge in [-0.25, -0.2) is 4.98 Å². The van der Waals surface area contributed by atoms with Crippen LogP contribution in [0.25, 0.3) is 44.9 Å². The zero-order valence-electron chi connectivity index (χ0n) is 23.8. The summed E-state index contributed by atoms with van der Waals surface area (Å²) in [5.74, 6) is 2.15. The van der Waals surface area contributed by atoms with Gasteiger partial charge in [0.2, 0.25) is 5.82 Å². The van der Waals surface area contributed by atoms with Gasteiger partial charge in [-0.05, 0) is 106 Å². The van der Waals surface area contributed by atoms with Crippen LogP contribution in [0.1, 0.15) is 54.1 Å². The van der Waals surface area contributed by atoms with Crippen LogP contribution in [0.5, 0.6) is 5.75 Å². The molecule has 0 atom stereocenters. The monoisotopic (exact) mass is 589 g/mol. The number of hydrogen-bond acceptors (Lipinski definition) is 7. The molecule has 0 saturated heterocycles. The van der Waals surface area contributed by atoms with E-state index >= 15 is 0 Å². The SMILES string of the molecule is CNC(=O)c1ccc(-c2ccsc2)c(COc2ccc(-c3nc4cc(-c5nn[nH]n5)ccc4n3C3CCCCC3)cc2)c1. The second-order valence-electron chi connectivity index (χ2n) is 10.8. The van der Waals surface area contributed by atoms with Crippen LogP contribution in [-0.2, 0) is 6.61 Å². The third-order valence-corrected chi connectivity index (χ3v) is 8.85. The Labute approximate surface area is 252 Å². The Kier molecular flexibility index (Phi) is 7.42. The van der Waals surface area contributed by atoms with Crippen LogP contribution >= 0.6 is 11.3 Å². The molecule has 9 nitrogen and oxygen atoms in total. The Hall–Kier alpha value is -4.83. The van der Waals surface area contributed by atoms with Crippen LogP contribution in [-0.4, -0.2) is 43.1 Å². The highest BCUT2D eigenvalue weighted by molar-refractivity contribution is 7.08. The minimum absolute atomic E-state index is 0.118. The molecule has 3 heterocycles. The summed E-state index contributed by atoms with van der Waals surface area (Å²) in [5.41, 5.74) is 7.70. The van der Waals surface area contributed by atoms with Crippen LogP contribution in [0.15, 0.2) is 77.5 Å².